The molecule has 4 rings (SSSR count). The number of hydrogen-bond acceptors (Lipinski definition) is 6. The van der Waals surface area contributed by atoms with Gasteiger partial charge in [-0.25, -0.2) is 4.79 Å². The monoisotopic (exact) mass is 381 g/mol. The number of nitrogens with one attached hydrogen (secondary N) is 1. The molecule has 1 saturated carbocycles. The number of ether oxygens (including phenoxy) is 1. The maximum absolute atomic E-state index is 13.2. The fraction of sp³-hybridized carbons (Fsp3) is 0.524. The number of rotatable bonds is 4. The normalized spacial score (nSPS) is 20.1. The quantitative estimate of drug-likeness (QED) is 0.807. The summed E-state index contributed by atoms with van der Waals surface area (Å²) in [7, 11) is 0. The van der Waals surface area contributed by atoms with E-state index >= 15 is 0 Å². The highest BCUT2D eigenvalue weighted by molar-refractivity contribution is 5.92. The van der Waals surface area contributed by atoms with E-state index in [1.54, 1.807) is 4.68 Å². The lowest BCUT2D eigenvalue weighted by Gasteiger charge is -2.29. The highest BCUT2D eigenvalue weighted by atomic mass is 16.5. The Balaban J connectivity index is 1.68. The first-order chi connectivity index (χ1) is 13.5. The van der Waals surface area contributed by atoms with E-state index in [-0.39, 0.29) is 12.1 Å². The zero-order chi connectivity index (χ0) is 19.7. The van der Waals surface area contributed by atoms with Gasteiger partial charge in [-0.05, 0) is 60.1 Å². The van der Waals surface area contributed by atoms with Gasteiger partial charge in [0, 0.05) is 5.70 Å². The van der Waals surface area contributed by atoms with E-state index < -0.39 is 6.04 Å². The van der Waals surface area contributed by atoms with Crippen LogP contribution in [0.4, 0.5) is 5.95 Å². The largest absolute Gasteiger partial charge is 0.459 e. The van der Waals surface area contributed by atoms with Crippen molar-refractivity contribution in [2.45, 2.75) is 70.9 Å². The molecule has 7 heteroatoms. The van der Waals surface area contributed by atoms with Crippen molar-refractivity contribution < 1.29 is 9.53 Å². The van der Waals surface area contributed by atoms with Crippen molar-refractivity contribution in [1.82, 2.24) is 20.2 Å². The number of hydrogen-bond donors (Lipinski definition) is 1. The Morgan fingerprint density at radius 1 is 1.18 bits per heavy atom. The van der Waals surface area contributed by atoms with E-state index in [0.29, 0.717) is 17.4 Å². The number of tetrazole rings is 1. The van der Waals surface area contributed by atoms with Crippen molar-refractivity contribution in [2.24, 2.45) is 0 Å². The Bertz CT molecular complexity index is 878. The molecule has 0 unspecified atom stereocenters. The number of fused-ring (bicyclic) bond motifs is 1. The Morgan fingerprint density at radius 2 is 1.89 bits per heavy atom. The van der Waals surface area contributed by atoms with Crippen LogP contribution in [0.5, 0.6) is 0 Å². The van der Waals surface area contributed by atoms with Gasteiger partial charge in [0.05, 0.1) is 5.57 Å². The minimum Gasteiger partial charge on any atom is -0.459 e. The summed E-state index contributed by atoms with van der Waals surface area (Å²) in [5.41, 5.74) is 3.53. The number of benzene rings is 1. The maximum atomic E-state index is 13.2. The van der Waals surface area contributed by atoms with E-state index in [4.69, 9.17) is 4.74 Å². The average Bonchev–Trinajstić information content (AvgIpc) is 3.15. The zero-order valence-electron chi connectivity index (χ0n) is 16.7. The molecule has 1 fully saturated rings. The number of esters is 1. The molecule has 2 aromatic rings. The average molecular weight is 381 g/mol. The predicted octanol–water partition coefficient (Wildman–Crippen LogP) is 3.96. The molecule has 0 amide bonds. The van der Waals surface area contributed by atoms with Gasteiger partial charge in [-0.2, -0.15) is 4.68 Å². The van der Waals surface area contributed by atoms with Crippen LogP contribution < -0.4 is 5.32 Å². The fourth-order valence-corrected chi connectivity index (χ4v) is 4.05. The third kappa shape index (κ3) is 3.53. The van der Waals surface area contributed by atoms with Gasteiger partial charge in [-0.3, -0.25) is 0 Å². The lowest BCUT2D eigenvalue weighted by atomic mass is 9.93. The minimum atomic E-state index is -0.399. The first kappa shape index (κ1) is 18.7. The SMILES string of the molecule is CC1=C(C(=O)OC2CCCCC2)[C@@H](c2ccc(C(C)C)cc2)n2nnnc2N1. The molecule has 0 radical (unpaired) electrons. The van der Waals surface area contributed by atoms with Gasteiger partial charge < -0.3 is 10.1 Å². The maximum Gasteiger partial charge on any atom is 0.338 e. The van der Waals surface area contributed by atoms with E-state index in [0.717, 1.165) is 36.9 Å². The second-order valence-corrected chi connectivity index (χ2v) is 8.00. The van der Waals surface area contributed by atoms with Gasteiger partial charge in [0.2, 0.25) is 5.95 Å². The molecule has 1 atom stereocenters. The standard InChI is InChI=1S/C21H27N5O2/c1-13(2)15-9-11-16(12-10-15)19-18(14(3)22-21-23-24-25-26(19)21)20(27)28-17-7-5-4-6-8-17/h9-13,17,19H,4-8H2,1-3H3,(H,22,23,25)/t19-/m1/s1. The molecule has 2 aliphatic rings. The first-order valence-corrected chi connectivity index (χ1v) is 10.1. The molecule has 0 saturated heterocycles. The summed E-state index contributed by atoms with van der Waals surface area (Å²) in [5, 5.41) is 15.1. The number of allylic oxidation sites excluding steroid dienone is 1. The lowest BCUT2D eigenvalue weighted by molar-refractivity contribution is -0.146. The number of carbonyl (C=O) groups is 1. The van der Waals surface area contributed by atoms with Gasteiger partial charge in [0.15, 0.2) is 0 Å². The molecule has 0 bridgehead atoms. The van der Waals surface area contributed by atoms with Crippen molar-refractivity contribution in [2.75, 3.05) is 5.32 Å². The summed E-state index contributed by atoms with van der Waals surface area (Å²) in [4.78, 5) is 13.2. The molecule has 1 aromatic carbocycles. The zero-order valence-corrected chi connectivity index (χ0v) is 16.7. The summed E-state index contributed by atoms with van der Waals surface area (Å²) < 4.78 is 7.55. The van der Waals surface area contributed by atoms with Crippen molar-refractivity contribution in [1.29, 1.82) is 0 Å². The number of nitrogens with zero attached hydrogens (tertiary/aromatic N) is 4. The van der Waals surface area contributed by atoms with E-state index in [9.17, 15) is 4.79 Å². The topological polar surface area (TPSA) is 81.9 Å². The summed E-state index contributed by atoms with van der Waals surface area (Å²) in [6.07, 6.45) is 5.33. The molecular formula is C21H27N5O2. The van der Waals surface area contributed by atoms with Crippen LogP contribution in [-0.4, -0.2) is 32.3 Å². The predicted molar refractivity (Wildman–Crippen MR) is 106 cm³/mol. The van der Waals surface area contributed by atoms with Crippen LogP contribution in [0.15, 0.2) is 35.5 Å². The third-order valence-electron chi connectivity index (χ3n) is 5.68. The lowest BCUT2D eigenvalue weighted by Crippen LogP contribution is -2.32. The fourth-order valence-electron chi connectivity index (χ4n) is 4.05. The number of aromatic nitrogens is 4. The van der Waals surface area contributed by atoms with Gasteiger partial charge >= 0.3 is 5.97 Å². The van der Waals surface area contributed by atoms with Crippen molar-refractivity contribution in [3.05, 3.63) is 46.7 Å². The first-order valence-electron chi connectivity index (χ1n) is 10.1. The Kier molecular flexibility index (Phi) is 5.15. The van der Waals surface area contributed by atoms with Crippen LogP contribution in [0.25, 0.3) is 0 Å². The van der Waals surface area contributed by atoms with E-state index in [1.165, 1.54) is 12.0 Å². The van der Waals surface area contributed by atoms with Gasteiger partial charge in [0.25, 0.3) is 0 Å². The molecular weight excluding hydrogens is 354 g/mol. The summed E-state index contributed by atoms with van der Waals surface area (Å²) in [6.45, 7) is 6.21. The van der Waals surface area contributed by atoms with Crippen LogP contribution in [0.2, 0.25) is 0 Å². The Labute approximate surface area is 165 Å². The molecule has 1 N–H and O–H groups in total. The minimum absolute atomic E-state index is 0.000727. The molecule has 1 aliphatic heterocycles. The molecule has 0 spiro atoms. The number of carbonyl (C=O) groups excluding carboxylic acids is 1. The van der Waals surface area contributed by atoms with Crippen LogP contribution >= 0.6 is 0 Å². The molecule has 2 heterocycles. The smallest absolute Gasteiger partial charge is 0.338 e. The van der Waals surface area contributed by atoms with Crippen molar-refractivity contribution in [3.8, 4) is 0 Å². The van der Waals surface area contributed by atoms with Crippen LogP contribution in [-0.2, 0) is 9.53 Å². The molecule has 28 heavy (non-hydrogen) atoms. The Hall–Kier alpha value is -2.70. The summed E-state index contributed by atoms with van der Waals surface area (Å²) in [5.74, 6) is 0.694. The van der Waals surface area contributed by atoms with Crippen LogP contribution in [0.3, 0.4) is 0 Å². The van der Waals surface area contributed by atoms with Crippen LogP contribution in [0, 0.1) is 0 Å². The van der Waals surface area contributed by atoms with E-state index in [1.807, 2.05) is 6.92 Å². The highest BCUT2D eigenvalue weighted by Gasteiger charge is 2.36. The Morgan fingerprint density at radius 3 is 2.57 bits per heavy atom. The molecule has 7 nitrogen and oxygen atoms in total. The highest BCUT2D eigenvalue weighted by Crippen LogP contribution is 2.36. The molecule has 148 valence electrons. The van der Waals surface area contributed by atoms with Gasteiger partial charge in [-0.1, -0.05) is 49.6 Å². The van der Waals surface area contributed by atoms with Gasteiger partial charge in [0.1, 0.15) is 12.1 Å². The summed E-state index contributed by atoms with van der Waals surface area (Å²) >= 11 is 0. The van der Waals surface area contributed by atoms with Crippen molar-refractivity contribution >= 4 is 11.9 Å². The second kappa shape index (κ2) is 7.73. The molecule has 1 aliphatic carbocycles. The second-order valence-electron chi connectivity index (χ2n) is 8.00. The third-order valence-corrected chi connectivity index (χ3v) is 5.68. The summed E-state index contributed by atoms with van der Waals surface area (Å²) in [6, 6.07) is 7.91. The molecule has 1 aromatic heterocycles. The van der Waals surface area contributed by atoms with E-state index in [2.05, 4.69) is 59.0 Å². The van der Waals surface area contributed by atoms with Crippen molar-refractivity contribution in [3.63, 3.8) is 0 Å². The van der Waals surface area contributed by atoms with Gasteiger partial charge in [-0.15, -0.1) is 0 Å². The number of anilines is 1. The van der Waals surface area contributed by atoms with Crippen LogP contribution in [0.1, 0.15) is 76.0 Å².